The first-order valence-corrected chi connectivity index (χ1v) is 7.48. The molecule has 0 saturated heterocycles. The van der Waals surface area contributed by atoms with Crippen LogP contribution in [-0.4, -0.2) is 34.7 Å². The van der Waals surface area contributed by atoms with Gasteiger partial charge in [0, 0.05) is 7.05 Å². The largest absolute Gasteiger partial charge is 0.464 e. The number of hydrogen-bond acceptors (Lipinski definition) is 6. The van der Waals surface area contributed by atoms with Crippen molar-refractivity contribution in [3.8, 4) is 12.0 Å². The van der Waals surface area contributed by atoms with Gasteiger partial charge in [0.05, 0.1) is 6.61 Å². The molecule has 1 saturated carbocycles. The molecule has 20 heavy (non-hydrogen) atoms. The monoisotopic (exact) mass is 280 g/mol. The van der Waals surface area contributed by atoms with Crippen LogP contribution < -0.4 is 14.8 Å². The molecule has 0 aliphatic heterocycles. The lowest BCUT2D eigenvalue weighted by molar-refractivity contribution is 0.110. The lowest BCUT2D eigenvalue weighted by Crippen LogP contribution is -2.26. The zero-order valence-electron chi connectivity index (χ0n) is 12.6. The quantitative estimate of drug-likeness (QED) is 0.864. The van der Waals surface area contributed by atoms with Crippen molar-refractivity contribution in [1.29, 1.82) is 0 Å². The summed E-state index contributed by atoms with van der Waals surface area (Å²) in [6, 6.07) is 0.666. The third kappa shape index (κ3) is 3.95. The first kappa shape index (κ1) is 14.8. The Morgan fingerprint density at radius 1 is 1.15 bits per heavy atom. The van der Waals surface area contributed by atoms with Crippen LogP contribution in [0.1, 0.15) is 46.0 Å². The van der Waals surface area contributed by atoms with Crippen LogP contribution in [-0.2, 0) is 0 Å². The summed E-state index contributed by atoms with van der Waals surface area (Å²) >= 11 is 0. The predicted molar refractivity (Wildman–Crippen MR) is 77.2 cm³/mol. The van der Waals surface area contributed by atoms with E-state index in [1.807, 2.05) is 6.92 Å². The minimum atomic E-state index is 0.204. The maximum absolute atomic E-state index is 5.93. The number of rotatable bonds is 6. The molecule has 0 bridgehead atoms. The summed E-state index contributed by atoms with van der Waals surface area (Å²) < 4.78 is 11.3. The van der Waals surface area contributed by atoms with Crippen LogP contribution in [0, 0.1) is 5.92 Å². The Hall–Kier alpha value is -1.59. The fourth-order valence-corrected chi connectivity index (χ4v) is 2.56. The van der Waals surface area contributed by atoms with Crippen molar-refractivity contribution in [2.24, 2.45) is 5.92 Å². The van der Waals surface area contributed by atoms with Crippen LogP contribution in [0.3, 0.4) is 0 Å². The SMILES string of the molecule is CCOc1nc(NC)nc(OC2CCCC(CC)C2)n1. The van der Waals surface area contributed by atoms with Gasteiger partial charge in [0.25, 0.3) is 0 Å². The van der Waals surface area contributed by atoms with Gasteiger partial charge in [-0.2, -0.15) is 9.97 Å². The van der Waals surface area contributed by atoms with E-state index >= 15 is 0 Å². The van der Waals surface area contributed by atoms with Crippen molar-refractivity contribution >= 4 is 5.95 Å². The Bertz CT molecular complexity index is 428. The minimum Gasteiger partial charge on any atom is -0.464 e. The van der Waals surface area contributed by atoms with Crippen molar-refractivity contribution in [2.75, 3.05) is 19.0 Å². The summed E-state index contributed by atoms with van der Waals surface area (Å²) in [5, 5.41) is 2.90. The second-order valence-electron chi connectivity index (χ2n) is 5.09. The summed E-state index contributed by atoms with van der Waals surface area (Å²) in [5.41, 5.74) is 0. The molecule has 1 N–H and O–H groups in total. The first-order valence-electron chi connectivity index (χ1n) is 7.48. The molecule has 0 spiro atoms. The van der Waals surface area contributed by atoms with Crippen molar-refractivity contribution in [3.63, 3.8) is 0 Å². The smallest absolute Gasteiger partial charge is 0.324 e. The molecule has 1 aliphatic rings. The summed E-state index contributed by atoms with van der Waals surface area (Å²) in [4.78, 5) is 12.6. The number of nitrogens with one attached hydrogen (secondary N) is 1. The first-order chi connectivity index (χ1) is 9.75. The van der Waals surface area contributed by atoms with Crippen molar-refractivity contribution in [2.45, 2.75) is 52.1 Å². The molecule has 6 nitrogen and oxygen atoms in total. The number of anilines is 1. The lowest BCUT2D eigenvalue weighted by atomic mass is 9.86. The highest BCUT2D eigenvalue weighted by molar-refractivity contribution is 5.26. The van der Waals surface area contributed by atoms with Gasteiger partial charge in [-0.15, -0.1) is 4.98 Å². The van der Waals surface area contributed by atoms with E-state index in [9.17, 15) is 0 Å². The van der Waals surface area contributed by atoms with Crippen LogP contribution in [0.5, 0.6) is 12.0 Å². The topological polar surface area (TPSA) is 69.2 Å². The fourth-order valence-electron chi connectivity index (χ4n) is 2.56. The summed E-state index contributed by atoms with van der Waals surface area (Å²) in [6.45, 7) is 4.66. The molecule has 112 valence electrons. The normalized spacial score (nSPS) is 22.4. The Kier molecular flexibility index (Phi) is 5.38. The molecule has 1 aliphatic carbocycles. The van der Waals surface area contributed by atoms with E-state index in [2.05, 4.69) is 27.2 Å². The summed E-state index contributed by atoms with van der Waals surface area (Å²) in [5.74, 6) is 1.23. The molecule has 1 heterocycles. The summed E-state index contributed by atoms with van der Waals surface area (Å²) in [7, 11) is 1.77. The van der Waals surface area contributed by atoms with Crippen LogP contribution in [0.4, 0.5) is 5.95 Å². The molecule has 1 fully saturated rings. The van der Waals surface area contributed by atoms with E-state index in [1.165, 1.54) is 19.3 Å². The van der Waals surface area contributed by atoms with Gasteiger partial charge >= 0.3 is 12.0 Å². The highest BCUT2D eigenvalue weighted by atomic mass is 16.5. The maximum Gasteiger partial charge on any atom is 0.324 e. The van der Waals surface area contributed by atoms with E-state index < -0.39 is 0 Å². The van der Waals surface area contributed by atoms with Gasteiger partial charge < -0.3 is 14.8 Å². The zero-order valence-corrected chi connectivity index (χ0v) is 12.6. The zero-order chi connectivity index (χ0) is 14.4. The Balaban J connectivity index is 2.05. The lowest BCUT2D eigenvalue weighted by Gasteiger charge is -2.28. The molecule has 1 aromatic rings. The number of nitrogens with zero attached hydrogens (tertiary/aromatic N) is 3. The third-order valence-electron chi connectivity index (χ3n) is 3.68. The van der Waals surface area contributed by atoms with E-state index in [4.69, 9.17) is 9.47 Å². The molecule has 0 radical (unpaired) electrons. The number of ether oxygens (including phenoxy) is 2. The number of aromatic nitrogens is 3. The fraction of sp³-hybridized carbons (Fsp3) is 0.786. The number of hydrogen-bond donors (Lipinski definition) is 1. The second-order valence-corrected chi connectivity index (χ2v) is 5.09. The van der Waals surface area contributed by atoms with E-state index in [1.54, 1.807) is 7.05 Å². The van der Waals surface area contributed by atoms with Gasteiger partial charge in [0.15, 0.2) is 0 Å². The van der Waals surface area contributed by atoms with Gasteiger partial charge in [-0.3, -0.25) is 0 Å². The average molecular weight is 280 g/mol. The predicted octanol–water partition coefficient (Wildman–Crippen LogP) is 2.66. The molecule has 2 rings (SSSR count). The highest BCUT2D eigenvalue weighted by Gasteiger charge is 2.23. The van der Waals surface area contributed by atoms with Crippen molar-refractivity contribution in [3.05, 3.63) is 0 Å². The van der Waals surface area contributed by atoms with Crippen LogP contribution in [0.2, 0.25) is 0 Å². The molecule has 0 aromatic carbocycles. The average Bonchev–Trinajstić information content (AvgIpc) is 2.47. The molecule has 1 aromatic heterocycles. The van der Waals surface area contributed by atoms with E-state index in [0.29, 0.717) is 24.6 Å². The maximum atomic E-state index is 5.93. The van der Waals surface area contributed by atoms with Crippen LogP contribution in [0.15, 0.2) is 0 Å². The van der Waals surface area contributed by atoms with Gasteiger partial charge in [-0.1, -0.05) is 19.8 Å². The van der Waals surface area contributed by atoms with E-state index in [-0.39, 0.29) is 6.10 Å². The highest BCUT2D eigenvalue weighted by Crippen LogP contribution is 2.29. The standard InChI is InChI=1S/C14H24N4O2/c1-4-10-7-6-8-11(9-10)20-14-17-12(15-3)16-13(18-14)19-5-2/h10-11H,4-9H2,1-3H3,(H,15,16,17,18). The molecule has 2 unspecified atom stereocenters. The molecule has 2 atom stereocenters. The second kappa shape index (κ2) is 7.26. The third-order valence-corrected chi connectivity index (χ3v) is 3.68. The molecular formula is C14H24N4O2. The minimum absolute atomic E-state index is 0.204. The Morgan fingerprint density at radius 3 is 2.65 bits per heavy atom. The van der Waals surface area contributed by atoms with Crippen LogP contribution >= 0.6 is 0 Å². The van der Waals surface area contributed by atoms with Crippen LogP contribution in [0.25, 0.3) is 0 Å². The summed E-state index contributed by atoms with van der Waals surface area (Å²) in [6.07, 6.45) is 6.09. The van der Waals surface area contributed by atoms with Gasteiger partial charge in [0.1, 0.15) is 6.10 Å². The van der Waals surface area contributed by atoms with Gasteiger partial charge in [0.2, 0.25) is 5.95 Å². The molecular weight excluding hydrogens is 256 g/mol. The molecule has 0 amide bonds. The van der Waals surface area contributed by atoms with Crippen molar-refractivity contribution in [1.82, 2.24) is 15.0 Å². The van der Waals surface area contributed by atoms with E-state index in [0.717, 1.165) is 18.8 Å². The van der Waals surface area contributed by atoms with Crippen molar-refractivity contribution < 1.29 is 9.47 Å². The van der Waals surface area contributed by atoms with Gasteiger partial charge in [-0.25, -0.2) is 0 Å². The van der Waals surface area contributed by atoms with Gasteiger partial charge in [-0.05, 0) is 32.1 Å². The Morgan fingerprint density at radius 2 is 1.95 bits per heavy atom. The Labute approximate surface area is 120 Å². The molecule has 6 heteroatoms.